The van der Waals surface area contributed by atoms with Gasteiger partial charge in [-0.25, -0.2) is 15.0 Å². The Labute approximate surface area is 319 Å². The lowest BCUT2D eigenvalue weighted by molar-refractivity contribution is 0.632. The van der Waals surface area contributed by atoms with Crippen molar-refractivity contribution in [1.29, 1.82) is 0 Å². The Balaban J connectivity index is 1.15. The number of benzene rings is 7. The predicted molar refractivity (Wildman–Crippen MR) is 225 cm³/mol. The van der Waals surface area contributed by atoms with Gasteiger partial charge in [-0.3, -0.25) is 0 Å². The van der Waals surface area contributed by atoms with Crippen molar-refractivity contribution in [1.82, 2.24) is 15.0 Å². The first kappa shape index (κ1) is 32.2. The number of pyridine rings is 1. The highest BCUT2D eigenvalue weighted by Gasteiger charge is 2.24. The summed E-state index contributed by atoms with van der Waals surface area (Å²) in [6, 6.07) is 68.9. The lowest BCUT2D eigenvalue weighted by atomic mass is 9.94. The van der Waals surface area contributed by atoms with Crippen LogP contribution < -0.4 is 0 Å². The summed E-state index contributed by atoms with van der Waals surface area (Å²) < 4.78 is 6.94. The van der Waals surface area contributed by atoms with Crippen LogP contribution in [0.25, 0.3) is 101 Å². The van der Waals surface area contributed by atoms with Crippen molar-refractivity contribution in [3.63, 3.8) is 0 Å². The third-order valence-electron chi connectivity index (χ3n) is 10.1. The molecule has 0 saturated carbocycles. The van der Waals surface area contributed by atoms with E-state index in [9.17, 15) is 0 Å². The molecule has 0 atom stereocenters. The fourth-order valence-electron chi connectivity index (χ4n) is 7.42. The van der Waals surface area contributed by atoms with E-state index in [-0.39, 0.29) is 0 Å². The van der Waals surface area contributed by atoms with E-state index in [0.29, 0.717) is 5.82 Å². The van der Waals surface area contributed by atoms with Gasteiger partial charge in [0.05, 0.1) is 16.9 Å². The van der Waals surface area contributed by atoms with Gasteiger partial charge in [-0.05, 0) is 34.9 Å². The molecule has 0 radical (unpaired) electrons. The van der Waals surface area contributed by atoms with E-state index in [4.69, 9.17) is 19.4 Å². The number of nitrogens with zero attached hydrogens (tertiary/aromatic N) is 3. The van der Waals surface area contributed by atoms with E-state index >= 15 is 0 Å². The molecule has 55 heavy (non-hydrogen) atoms. The molecule has 3 heterocycles. The zero-order valence-corrected chi connectivity index (χ0v) is 29.8. The molecule has 0 fully saturated rings. The minimum Gasteiger partial charge on any atom is -0.453 e. The quantitative estimate of drug-likeness (QED) is 0.166. The third kappa shape index (κ3) is 6.06. The van der Waals surface area contributed by atoms with Gasteiger partial charge in [-0.15, -0.1) is 0 Å². The lowest BCUT2D eigenvalue weighted by Crippen LogP contribution is -1.96. The summed E-state index contributed by atoms with van der Waals surface area (Å²) in [5.74, 6) is 1.49. The highest BCUT2D eigenvalue weighted by molar-refractivity contribution is 6.18. The van der Waals surface area contributed by atoms with Crippen molar-refractivity contribution in [3.05, 3.63) is 200 Å². The molecule has 4 heteroatoms. The van der Waals surface area contributed by atoms with Crippen LogP contribution in [0.3, 0.4) is 0 Å². The molecule has 0 spiro atoms. The molecule has 4 nitrogen and oxygen atoms in total. The minimum atomic E-state index is 0.682. The van der Waals surface area contributed by atoms with Crippen molar-refractivity contribution >= 4 is 21.9 Å². The molecule has 3 aromatic heterocycles. The highest BCUT2D eigenvalue weighted by Crippen LogP contribution is 2.46. The Kier molecular flexibility index (Phi) is 8.12. The largest absolute Gasteiger partial charge is 0.453 e. The summed E-state index contributed by atoms with van der Waals surface area (Å²) >= 11 is 0. The van der Waals surface area contributed by atoms with Gasteiger partial charge in [0.1, 0.15) is 11.5 Å². The molecule has 0 unspecified atom stereocenters. The number of fused-ring (bicyclic) bond motifs is 3. The van der Waals surface area contributed by atoms with E-state index in [1.54, 1.807) is 0 Å². The molecular weight excluding hydrogens is 671 g/mol. The van der Waals surface area contributed by atoms with Gasteiger partial charge < -0.3 is 4.42 Å². The van der Waals surface area contributed by atoms with Crippen LogP contribution >= 0.6 is 0 Å². The zero-order chi connectivity index (χ0) is 36.6. The first-order chi connectivity index (χ1) is 27.3. The molecule has 10 rings (SSSR count). The summed E-state index contributed by atoms with van der Waals surface area (Å²) in [5.41, 5.74) is 13.6. The van der Waals surface area contributed by atoms with Gasteiger partial charge >= 0.3 is 0 Å². The number of aromatic nitrogens is 3. The number of para-hydroxylation sites is 1. The Morgan fingerprint density at radius 2 is 0.873 bits per heavy atom. The molecule has 0 aliphatic heterocycles. The van der Waals surface area contributed by atoms with Gasteiger partial charge in [-0.2, -0.15) is 0 Å². The highest BCUT2D eigenvalue weighted by atomic mass is 16.3. The molecule has 0 bridgehead atoms. The summed E-state index contributed by atoms with van der Waals surface area (Å²) in [5, 5.41) is 2.10. The van der Waals surface area contributed by atoms with E-state index in [0.717, 1.165) is 89.2 Å². The fraction of sp³-hybridized carbons (Fsp3) is 0. The maximum Gasteiger partial charge on any atom is 0.162 e. The van der Waals surface area contributed by atoms with Crippen molar-refractivity contribution in [3.8, 4) is 78.7 Å². The Morgan fingerprint density at radius 3 is 1.56 bits per heavy atom. The van der Waals surface area contributed by atoms with Crippen LogP contribution in [-0.2, 0) is 0 Å². The minimum absolute atomic E-state index is 0.682. The number of hydrogen-bond donors (Lipinski definition) is 0. The number of rotatable bonds is 7. The second kappa shape index (κ2) is 13.8. The van der Waals surface area contributed by atoms with Crippen LogP contribution in [0.4, 0.5) is 0 Å². The summed E-state index contributed by atoms with van der Waals surface area (Å²) in [7, 11) is 0. The lowest BCUT2D eigenvalue weighted by Gasteiger charge is -2.11. The van der Waals surface area contributed by atoms with E-state index in [1.807, 2.05) is 54.6 Å². The van der Waals surface area contributed by atoms with Crippen LogP contribution in [0.15, 0.2) is 205 Å². The SMILES string of the molecule is c1ccc(-c2cccc(-c3cc(-c4ccc(-c5c(-c6ccccc6)oc6c(-c7ccccc7)nc7ccccc7c56)cc4)nc(-c4ccccc4)n3)c2)cc1. The topological polar surface area (TPSA) is 51.8 Å². The molecular formula is C51H33N3O. The van der Waals surface area contributed by atoms with Crippen molar-refractivity contribution < 1.29 is 4.42 Å². The normalized spacial score (nSPS) is 11.3. The van der Waals surface area contributed by atoms with Crippen LogP contribution in [-0.4, -0.2) is 15.0 Å². The van der Waals surface area contributed by atoms with E-state index in [1.165, 1.54) is 5.56 Å². The standard InChI is InChI=1S/C51H33N3O/c1-5-16-34(17-6-1)40-24-15-25-41(32-40)45-33-44(53-51(54-45)39-22-11-4-12-23-39)35-28-30-36(31-29-35)46-47-42-26-13-14-27-43(42)52-48(37-18-7-2-8-19-37)50(47)55-49(46)38-20-9-3-10-21-38/h1-33H. The average Bonchev–Trinajstić information content (AvgIpc) is 3.68. The second-order valence-electron chi connectivity index (χ2n) is 13.6. The van der Waals surface area contributed by atoms with Crippen LogP contribution in [0.5, 0.6) is 0 Å². The summed E-state index contributed by atoms with van der Waals surface area (Å²) in [6.07, 6.45) is 0. The van der Waals surface area contributed by atoms with E-state index < -0.39 is 0 Å². The van der Waals surface area contributed by atoms with Crippen LogP contribution in [0.1, 0.15) is 0 Å². The summed E-state index contributed by atoms with van der Waals surface area (Å²) in [6.45, 7) is 0. The first-order valence-corrected chi connectivity index (χ1v) is 18.4. The van der Waals surface area contributed by atoms with Gasteiger partial charge in [0.2, 0.25) is 0 Å². The van der Waals surface area contributed by atoms with Crippen molar-refractivity contribution in [2.45, 2.75) is 0 Å². The van der Waals surface area contributed by atoms with Crippen molar-refractivity contribution in [2.24, 2.45) is 0 Å². The smallest absolute Gasteiger partial charge is 0.162 e. The van der Waals surface area contributed by atoms with E-state index in [2.05, 4.69) is 146 Å². The zero-order valence-electron chi connectivity index (χ0n) is 29.8. The van der Waals surface area contributed by atoms with Gasteiger partial charge in [-0.1, -0.05) is 182 Å². The van der Waals surface area contributed by atoms with Crippen LogP contribution in [0.2, 0.25) is 0 Å². The second-order valence-corrected chi connectivity index (χ2v) is 13.6. The van der Waals surface area contributed by atoms with Gasteiger partial charge in [0.15, 0.2) is 11.4 Å². The maximum atomic E-state index is 6.94. The first-order valence-electron chi connectivity index (χ1n) is 18.4. The van der Waals surface area contributed by atoms with Gasteiger partial charge in [0, 0.05) is 44.2 Å². The maximum absolute atomic E-state index is 6.94. The Morgan fingerprint density at radius 1 is 0.345 bits per heavy atom. The molecule has 0 amide bonds. The molecule has 0 N–H and O–H groups in total. The molecule has 0 aliphatic carbocycles. The predicted octanol–water partition coefficient (Wildman–Crippen LogP) is 13.4. The third-order valence-corrected chi connectivity index (χ3v) is 10.1. The van der Waals surface area contributed by atoms with Crippen LogP contribution in [0, 0.1) is 0 Å². The molecule has 10 aromatic rings. The molecule has 7 aromatic carbocycles. The Bertz CT molecular complexity index is 2940. The summed E-state index contributed by atoms with van der Waals surface area (Å²) in [4.78, 5) is 15.4. The number of furan rings is 1. The van der Waals surface area contributed by atoms with Crippen molar-refractivity contribution in [2.75, 3.05) is 0 Å². The monoisotopic (exact) mass is 703 g/mol. The molecule has 258 valence electrons. The fourth-order valence-corrected chi connectivity index (χ4v) is 7.42. The average molecular weight is 704 g/mol. The molecule has 0 aliphatic rings. The van der Waals surface area contributed by atoms with Gasteiger partial charge in [0.25, 0.3) is 0 Å². The number of hydrogen-bond acceptors (Lipinski definition) is 4. The Hall–Kier alpha value is -7.43. The molecule has 0 saturated heterocycles.